The lowest BCUT2D eigenvalue weighted by Crippen LogP contribution is -2.49. The zero-order valence-electron chi connectivity index (χ0n) is 14.4. The molecule has 1 amide bonds. The largest absolute Gasteiger partial charge is 0.345 e. The summed E-state index contributed by atoms with van der Waals surface area (Å²) in [4.78, 5) is 21.9. The van der Waals surface area contributed by atoms with Crippen LogP contribution in [0.4, 0.5) is 13.9 Å². The number of halogens is 2. The Bertz CT molecular complexity index is 953. The van der Waals surface area contributed by atoms with Crippen LogP contribution in [0.3, 0.4) is 0 Å². The average Bonchev–Trinajstić information content (AvgIpc) is 3.10. The molecule has 0 N–H and O–H groups in total. The number of fused-ring (bicyclic) bond motifs is 1. The average molecular weight is 405 g/mol. The van der Waals surface area contributed by atoms with Crippen molar-refractivity contribution in [1.29, 1.82) is 0 Å². The third kappa shape index (κ3) is 4.22. The van der Waals surface area contributed by atoms with Gasteiger partial charge in [-0.25, -0.2) is 13.8 Å². The third-order valence-corrected chi connectivity index (χ3v) is 6.49. The molecule has 140 valence electrons. The van der Waals surface area contributed by atoms with Crippen LogP contribution in [0.25, 0.3) is 10.2 Å². The predicted octanol–water partition coefficient (Wildman–Crippen LogP) is 4.02. The number of hydrogen-bond donors (Lipinski definition) is 0. The number of hydrogen-bond acceptors (Lipinski definition) is 5. The van der Waals surface area contributed by atoms with Gasteiger partial charge in [0.15, 0.2) is 5.13 Å². The number of piperazine rings is 1. The molecule has 1 saturated heterocycles. The number of carbonyl (C=O) groups is 1. The van der Waals surface area contributed by atoms with Crippen molar-refractivity contribution in [3.05, 3.63) is 54.1 Å². The van der Waals surface area contributed by atoms with Crippen molar-refractivity contribution in [3.8, 4) is 0 Å². The molecule has 8 heteroatoms. The molecule has 0 radical (unpaired) electrons. The van der Waals surface area contributed by atoms with E-state index in [1.165, 1.54) is 47.4 Å². The topological polar surface area (TPSA) is 36.4 Å². The van der Waals surface area contributed by atoms with Gasteiger partial charge in [-0.2, -0.15) is 0 Å². The maximum Gasteiger partial charge on any atom is 0.233 e. The molecule has 1 fully saturated rings. The van der Waals surface area contributed by atoms with Crippen molar-refractivity contribution < 1.29 is 13.6 Å². The Kier molecular flexibility index (Phi) is 5.27. The van der Waals surface area contributed by atoms with Crippen molar-refractivity contribution >= 4 is 44.4 Å². The Labute approximate surface area is 163 Å². The van der Waals surface area contributed by atoms with Gasteiger partial charge in [0.1, 0.15) is 11.6 Å². The van der Waals surface area contributed by atoms with Crippen molar-refractivity contribution in [2.75, 3.05) is 36.8 Å². The number of amides is 1. The number of rotatable bonds is 4. The zero-order valence-corrected chi connectivity index (χ0v) is 16.0. The second-order valence-electron chi connectivity index (χ2n) is 6.22. The lowest BCUT2D eigenvalue weighted by atomic mass is 10.3. The van der Waals surface area contributed by atoms with E-state index in [4.69, 9.17) is 0 Å². The zero-order chi connectivity index (χ0) is 18.8. The number of nitrogens with zero attached hydrogens (tertiary/aromatic N) is 3. The van der Waals surface area contributed by atoms with Crippen molar-refractivity contribution in [3.63, 3.8) is 0 Å². The second kappa shape index (κ2) is 7.82. The number of carbonyl (C=O) groups excluding carboxylic acids is 1. The van der Waals surface area contributed by atoms with Crippen molar-refractivity contribution in [2.45, 2.75) is 4.90 Å². The number of anilines is 1. The van der Waals surface area contributed by atoms with E-state index in [2.05, 4.69) is 9.88 Å². The lowest BCUT2D eigenvalue weighted by molar-refractivity contribution is -0.128. The molecule has 4 nitrogen and oxygen atoms in total. The highest BCUT2D eigenvalue weighted by molar-refractivity contribution is 8.00. The van der Waals surface area contributed by atoms with E-state index in [-0.39, 0.29) is 17.5 Å². The molecule has 27 heavy (non-hydrogen) atoms. The Morgan fingerprint density at radius 2 is 1.74 bits per heavy atom. The van der Waals surface area contributed by atoms with Gasteiger partial charge in [0.05, 0.1) is 16.0 Å². The SMILES string of the molecule is O=C(CSc1ccc(F)cc1)N1CCN(c2nc3ccc(F)cc3s2)CC1. The Hall–Kier alpha value is -2.19. The van der Waals surface area contributed by atoms with Crippen LogP contribution >= 0.6 is 23.1 Å². The van der Waals surface area contributed by atoms with E-state index in [9.17, 15) is 13.6 Å². The Morgan fingerprint density at radius 3 is 2.48 bits per heavy atom. The molecule has 0 saturated carbocycles. The molecule has 2 heterocycles. The smallest absolute Gasteiger partial charge is 0.233 e. The monoisotopic (exact) mass is 405 g/mol. The number of benzene rings is 2. The molecular formula is C19H17F2N3OS2. The van der Waals surface area contributed by atoms with Gasteiger partial charge in [-0.15, -0.1) is 11.8 Å². The van der Waals surface area contributed by atoms with Gasteiger partial charge in [0.2, 0.25) is 5.91 Å². The minimum absolute atomic E-state index is 0.0790. The minimum Gasteiger partial charge on any atom is -0.345 e. The number of thioether (sulfide) groups is 1. The molecule has 0 aliphatic carbocycles. The lowest BCUT2D eigenvalue weighted by Gasteiger charge is -2.34. The van der Waals surface area contributed by atoms with Crippen molar-refractivity contribution in [2.24, 2.45) is 0 Å². The normalized spacial score (nSPS) is 14.7. The Balaban J connectivity index is 1.32. The van der Waals surface area contributed by atoms with Gasteiger partial charge < -0.3 is 9.80 Å². The summed E-state index contributed by atoms with van der Waals surface area (Å²) in [7, 11) is 0. The predicted molar refractivity (Wildman–Crippen MR) is 105 cm³/mol. The Morgan fingerprint density at radius 1 is 1.04 bits per heavy atom. The minimum atomic E-state index is -0.278. The van der Waals surface area contributed by atoms with Crippen LogP contribution in [0.2, 0.25) is 0 Å². The maximum atomic E-state index is 13.3. The van der Waals surface area contributed by atoms with E-state index in [0.717, 1.165) is 20.2 Å². The van der Waals surface area contributed by atoms with Gasteiger partial charge in [0.25, 0.3) is 0 Å². The van der Waals surface area contributed by atoms with Gasteiger partial charge in [0, 0.05) is 31.1 Å². The molecule has 4 rings (SSSR count). The highest BCUT2D eigenvalue weighted by Gasteiger charge is 2.23. The van der Waals surface area contributed by atoms with Gasteiger partial charge in [-0.3, -0.25) is 4.79 Å². The van der Waals surface area contributed by atoms with Crippen LogP contribution < -0.4 is 4.90 Å². The summed E-state index contributed by atoms with van der Waals surface area (Å²) < 4.78 is 27.1. The molecule has 1 aromatic heterocycles. The van der Waals surface area contributed by atoms with Crippen LogP contribution in [0, 0.1) is 11.6 Å². The molecular weight excluding hydrogens is 388 g/mol. The fourth-order valence-corrected chi connectivity index (χ4v) is 4.78. The van der Waals surface area contributed by atoms with Crippen LogP contribution in [-0.2, 0) is 4.79 Å². The van der Waals surface area contributed by atoms with Gasteiger partial charge in [-0.05, 0) is 42.5 Å². The van der Waals surface area contributed by atoms with E-state index < -0.39 is 0 Å². The summed E-state index contributed by atoms with van der Waals surface area (Å²) in [5.74, 6) is -0.118. The quantitative estimate of drug-likeness (QED) is 0.615. The molecule has 0 atom stereocenters. The third-order valence-electron chi connectivity index (χ3n) is 4.42. The van der Waals surface area contributed by atoms with Crippen LogP contribution in [0.15, 0.2) is 47.4 Å². The number of thiazole rings is 1. The molecule has 2 aromatic carbocycles. The first kappa shape index (κ1) is 18.2. The van der Waals surface area contributed by atoms with E-state index in [0.29, 0.717) is 31.9 Å². The molecule has 1 aliphatic rings. The second-order valence-corrected chi connectivity index (χ2v) is 8.28. The van der Waals surface area contributed by atoms with Crippen LogP contribution in [0.1, 0.15) is 0 Å². The molecule has 3 aromatic rings. The van der Waals surface area contributed by atoms with Gasteiger partial charge >= 0.3 is 0 Å². The number of aromatic nitrogens is 1. The molecule has 0 unspecified atom stereocenters. The van der Waals surface area contributed by atoms with Crippen LogP contribution in [0.5, 0.6) is 0 Å². The first-order valence-electron chi connectivity index (χ1n) is 8.56. The maximum absolute atomic E-state index is 13.3. The highest BCUT2D eigenvalue weighted by atomic mass is 32.2. The van der Waals surface area contributed by atoms with Crippen LogP contribution in [-0.4, -0.2) is 47.7 Å². The highest BCUT2D eigenvalue weighted by Crippen LogP contribution is 2.30. The summed E-state index contributed by atoms with van der Waals surface area (Å²) in [6.45, 7) is 2.67. The summed E-state index contributed by atoms with van der Waals surface area (Å²) in [6, 6.07) is 10.8. The molecule has 0 spiro atoms. The fraction of sp³-hybridized carbons (Fsp3) is 0.263. The molecule has 1 aliphatic heterocycles. The van der Waals surface area contributed by atoms with Gasteiger partial charge in [-0.1, -0.05) is 11.3 Å². The standard InChI is InChI=1S/C19H17F2N3OS2/c20-13-1-4-15(5-2-13)26-12-18(25)23-7-9-24(10-8-23)19-22-16-6-3-14(21)11-17(16)27-19/h1-6,11H,7-10,12H2. The van der Waals surface area contributed by atoms with E-state index in [1.54, 1.807) is 18.2 Å². The first-order valence-corrected chi connectivity index (χ1v) is 10.4. The summed E-state index contributed by atoms with van der Waals surface area (Å²) >= 11 is 2.89. The van der Waals surface area contributed by atoms with E-state index in [1.807, 2.05) is 4.90 Å². The van der Waals surface area contributed by atoms with E-state index >= 15 is 0 Å². The summed E-state index contributed by atoms with van der Waals surface area (Å²) in [5, 5.41) is 0.864. The summed E-state index contributed by atoms with van der Waals surface area (Å²) in [5.41, 5.74) is 0.797. The molecule has 0 bridgehead atoms. The van der Waals surface area contributed by atoms with Crippen molar-refractivity contribution in [1.82, 2.24) is 9.88 Å². The first-order chi connectivity index (χ1) is 13.1. The fourth-order valence-electron chi connectivity index (χ4n) is 2.94. The summed E-state index contributed by atoms with van der Waals surface area (Å²) in [6.07, 6.45) is 0.